The van der Waals surface area contributed by atoms with Gasteiger partial charge in [-0.2, -0.15) is 0 Å². The highest BCUT2D eigenvalue weighted by atomic mass is 32.1. The van der Waals surface area contributed by atoms with Gasteiger partial charge < -0.3 is 15.4 Å². The van der Waals surface area contributed by atoms with Crippen LogP contribution in [-0.2, 0) is 12.8 Å². The van der Waals surface area contributed by atoms with Gasteiger partial charge in [0.05, 0.1) is 12.1 Å². The molecular weight excluding hydrogens is 411 g/mol. The van der Waals surface area contributed by atoms with Crippen molar-refractivity contribution < 1.29 is 13.9 Å². The Morgan fingerprint density at radius 2 is 2.00 bits per heavy atom. The maximum atomic E-state index is 13.4. The fourth-order valence-electron chi connectivity index (χ4n) is 3.85. The van der Waals surface area contributed by atoms with Crippen molar-refractivity contribution >= 4 is 34.5 Å². The topological polar surface area (TPSA) is 50.4 Å². The van der Waals surface area contributed by atoms with Gasteiger partial charge in [0.25, 0.3) is 5.91 Å². The van der Waals surface area contributed by atoms with E-state index in [9.17, 15) is 9.18 Å². The highest BCUT2D eigenvalue weighted by Gasteiger charge is 2.23. The number of thiocarbonyl (C=S) groups is 1. The number of hydrogen-bond donors (Lipinski definition) is 2. The zero-order valence-corrected chi connectivity index (χ0v) is 18.0. The van der Waals surface area contributed by atoms with Gasteiger partial charge in [0.15, 0.2) is 0 Å². The van der Waals surface area contributed by atoms with Crippen LogP contribution in [0.5, 0.6) is 5.75 Å². The lowest BCUT2D eigenvalue weighted by molar-refractivity contribution is 0.102. The van der Waals surface area contributed by atoms with Gasteiger partial charge in [0.2, 0.25) is 0 Å². The SMILES string of the molecule is COc1ccccc1CC1CCc2ccc(C(=O)Nc3cccc(F)c3)cc2NC1=S. The number of benzene rings is 3. The summed E-state index contributed by atoms with van der Waals surface area (Å²) in [6.45, 7) is 0. The fraction of sp³-hybridized carbons (Fsp3) is 0.200. The Bertz CT molecular complexity index is 1130. The molecule has 0 aliphatic carbocycles. The monoisotopic (exact) mass is 434 g/mol. The molecule has 1 aliphatic heterocycles. The van der Waals surface area contributed by atoms with Crippen LogP contribution in [0.15, 0.2) is 66.7 Å². The van der Waals surface area contributed by atoms with Crippen molar-refractivity contribution in [2.75, 3.05) is 17.7 Å². The predicted octanol–water partition coefficient (Wildman–Crippen LogP) is 5.63. The molecule has 0 saturated heterocycles. The first-order valence-electron chi connectivity index (χ1n) is 10.2. The lowest BCUT2D eigenvalue weighted by Gasteiger charge is -2.17. The van der Waals surface area contributed by atoms with Crippen LogP contribution in [-0.4, -0.2) is 18.0 Å². The molecule has 6 heteroatoms. The molecule has 0 aromatic heterocycles. The Balaban J connectivity index is 1.50. The quantitative estimate of drug-likeness (QED) is 0.511. The van der Waals surface area contributed by atoms with Crippen molar-refractivity contribution in [2.45, 2.75) is 19.3 Å². The number of halogens is 1. The summed E-state index contributed by atoms with van der Waals surface area (Å²) in [7, 11) is 1.68. The van der Waals surface area contributed by atoms with Crippen LogP contribution >= 0.6 is 12.2 Å². The van der Waals surface area contributed by atoms with Crippen molar-refractivity contribution in [1.82, 2.24) is 0 Å². The molecule has 2 N–H and O–H groups in total. The predicted molar refractivity (Wildman–Crippen MR) is 126 cm³/mol. The molecule has 0 spiro atoms. The number of rotatable bonds is 5. The molecule has 1 atom stereocenters. The van der Waals surface area contributed by atoms with E-state index in [1.807, 2.05) is 30.3 Å². The van der Waals surface area contributed by atoms with Crippen molar-refractivity contribution in [2.24, 2.45) is 5.92 Å². The van der Waals surface area contributed by atoms with Crippen LogP contribution < -0.4 is 15.4 Å². The van der Waals surface area contributed by atoms with Crippen LogP contribution in [0.2, 0.25) is 0 Å². The number of anilines is 2. The Kier molecular flexibility index (Phi) is 6.28. The van der Waals surface area contributed by atoms with Gasteiger partial charge in [-0.05, 0) is 66.8 Å². The number of carbonyl (C=O) groups is 1. The summed E-state index contributed by atoms with van der Waals surface area (Å²) < 4.78 is 18.9. The molecule has 1 amide bonds. The fourth-order valence-corrected chi connectivity index (χ4v) is 4.16. The summed E-state index contributed by atoms with van der Waals surface area (Å²) in [5.41, 5.74) is 3.99. The van der Waals surface area contributed by atoms with Gasteiger partial charge in [-0.1, -0.05) is 42.5 Å². The summed E-state index contributed by atoms with van der Waals surface area (Å²) in [6, 6.07) is 19.4. The minimum Gasteiger partial charge on any atom is -0.496 e. The van der Waals surface area contributed by atoms with E-state index in [1.54, 1.807) is 25.3 Å². The summed E-state index contributed by atoms with van der Waals surface area (Å²) >= 11 is 5.70. The largest absolute Gasteiger partial charge is 0.496 e. The van der Waals surface area contributed by atoms with Gasteiger partial charge >= 0.3 is 0 Å². The molecule has 4 nitrogen and oxygen atoms in total. The second-order valence-corrected chi connectivity index (χ2v) is 8.02. The van der Waals surface area contributed by atoms with E-state index in [2.05, 4.69) is 16.7 Å². The second-order valence-electron chi connectivity index (χ2n) is 7.58. The maximum absolute atomic E-state index is 13.4. The van der Waals surface area contributed by atoms with E-state index in [1.165, 1.54) is 12.1 Å². The molecule has 31 heavy (non-hydrogen) atoms. The average molecular weight is 435 g/mol. The normalized spacial score (nSPS) is 15.4. The standard InChI is InChI=1S/C25H23FN2O2S/c1-30-23-8-3-2-5-17(23)13-19-12-10-16-9-11-18(14-22(16)28-25(19)31)24(29)27-21-7-4-6-20(26)15-21/h2-9,11,14-15,19H,10,12-13H2,1H3,(H,27,29)(H,28,31). The number of ether oxygens (including phenoxy) is 1. The third-order valence-corrected chi connectivity index (χ3v) is 5.94. The maximum Gasteiger partial charge on any atom is 0.255 e. The Labute approximate surface area is 186 Å². The summed E-state index contributed by atoms with van der Waals surface area (Å²) in [4.78, 5) is 13.4. The molecule has 0 saturated carbocycles. The van der Waals surface area contributed by atoms with E-state index in [-0.39, 0.29) is 11.8 Å². The number of amides is 1. The first-order valence-corrected chi connectivity index (χ1v) is 10.6. The summed E-state index contributed by atoms with van der Waals surface area (Å²) in [6.07, 6.45) is 2.55. The van der Waals surface area contributed by atoms with Gasteiger partial charge in [0.1, 0.15) is 11.6 Å². The number of methoxy groups -OCH3 is 1. The molecule has 0 bridgehead atoms. The van der Waals surface area contributed by atoms with Crippen LogP contribution in [0.3, 0.4) is 0 Å². The molecular formula is C25H23FN2O2S. The molecule has 0 radical (unpaired) electrons. The Hall–Kier alpha value is -3.25. The zero-order valence-electron chi connectivity index (χ0n) is 17.2. The van der Waals surface area contributed by atoms with E-state index in [0.29, 0.717) is 11.3 Å². The number of hydrogen-bond acceptors (Lipinski definition) is 3. The van der Waals surface area contributed by atoms with Crippen molar-refractivity contribution in [3.05, 3.63) is 89.2 Å². The summed E-state index contributed by atoms with van der Waals surface area (Å²) in [5, 5.41) is 6.08. The Morgan fingerprint density at radius 3 is 2.81 bits per heavy atom. The third-order valence-electron chi connectivity index (χ3n) is 5.50. The van der Waals surface area contributed by atoms with Crippen LogP contribution in [0.1, 0.15) is 27.9 Å². The minimum absolute atomic E-state index is 0.170. The Morgan fingerprint density at radius 1 is 1.16 bits per heavy atom. The van der Waals surface area contributed by atoms with Gasteiger partial charge in [0, 0.05) is 22.9 Å². The minimum atomic E-state index is -0.396. The van der Waals surface area contributed by atoms with Crippen LogP contribution in [0.25, 0.3) is 0 Å². The molecule has 3 aromatic carbocycles. The molecule has 1 aliphatic rings. The molecule has 1 heterocycles. The van der Waals surface area contributed by atoms with Crippen LogP contribution in [0, 0.1) is 11.7 Å². The lowest BCUT2D eigenvalue weighted by Crippen LogP contribution is -2.21. The van der Waals surface area contributed by atoms with Gasteiger partial charge in [-0.15, -0.1) is 0 Å². The first-order chi connectivity index (χ1) is 15.0. The van der Waals surface area contributed by atoms with Crippen LogP contribution in [0.4, 0.5) is 15.8 Å². The number of para-hydroxylation sites is 1. The van der Waals surface area contributed by atoms with Gasteiger partial charge in [-0.25, -0.2) is 4.39 Å². The smallest absolute Gasteiger partial charge is 0.255 e. The van der Waals surface area contributed by atoms with Crippen molar-refractivity contribution in [1.29, 1.82) is 0 Å². The molecule has 1 unspecified atom stereocenters. The van der Waals surface area contributed by atoms with Gasteiger partial charge in [-0.3, -0.25) is 4.79 Å². The number of aryl methyl sites for hydroxylation is 1. The number of fused-ring (bicyclic) bond motifs is 1. The van der Waals surface area contributed by atoms with E-state index < -0.39 is 5.82 Å². The summed E-state index contributed by atoms with van der Waals surface area (Å²) in [5.74, 6) is 0.343. The number of carbonyl (C=O) groups excluding carboxylic acids is 1. The average Bonchev–Trinajstić information content (AvgIpc) is 2.92. The van der Waals surface area contributed by atoms with Crippen molar-refractivity contribution in [3.8, 4) is 5.75 Å². The lowest BCUT2D eigenvalue weighted by atomic mass is 9.93. The highest BCUT2D eigenvalue weighted by Crippen LogP contribution is 2.30. The van der Waals surface area contributed by atoms with E-state index >= 15 is 0 Å². The zero-order chi connectivity index (χ0) is 21.8. The van der Waals surface area contributed by atoms with E-state index in [4.69, 9.17) is 17.0 Å². The molecule has 3 aromatic rings. The third kappa shape index (κ3) is 4.91. The van der Waals surface area contributed by atoms with Crippen molar-refractivity contribution in [3.63, 3.8) is 0 Å². The van der Waals surface area contributed by atoms with E-state index in [0.717, 1.165) is 46.8 Å². The first kappa shape index (κ1) is 21.0. The number of nitrogens with one attached hydrogen (secondary N) is 2. The second kappa shape index (κ2) is 9.27. The highest BCUT2D eigenvalue weighted by molar-refractivity contribution is 7.80. The molecule has 4 rings (SSSR count). The molecule has 158 valence electrons. The molecule has 0 fully saturated rings.